The van der Waals surface area contributed by atoms with Gasteiger partial charge in [0.2, 0.25) is 15.9 Å². The third kappa shape index (κ3) is 6.40. The molecule has 1 rings (SSSR count). The summed E-state index contributed by atoms with van der Waals surface area (Å²) < 4.78 is 26.5. The van der Waals surface area contributed by atoms with E-state index in [1.54, 1.807) is 12.1 Å². The largest absolute Gasteiger partial charge is 0.395 e. The SMILES string of the molecule is NC(=O)CCCNS(=O)(=O)c1cccc(C#CCCO)c1. The number of hydrogen-bond acceptors (Lipinski definition) is 4. The molecule has 0 spiro atoms. The van der Waals surface area contributed by atoms with Crippen LogP contribution in [0.3, 0.4) is 0 Å². The summed E-state index contributed by atoms with van der Waals surface area (Å²) in [5, 5.41) is 8.65. The Morgan fingerprint density at radius 1 is 1.38 bits per heavy atom. The van der Waals surface area contributed by atoms with Crippen molar-refractivity contribution in [2.45, 2.75) is 24.2 Å². The molecule has 0 atom stereocenters. The Kier molecular flexibility index (Phi) is 6.88. The van der Waals surface area contributed by atoms with Crippen molar-refractivity contribution in [1.29, 1.82) is 0 Å². The van der Waals surface area contributed by atoms with Crippen LogP contribution in [0, 0.1) is 11.8 Å². The topological polar surface area (TPSA) is 109 Å². The molecule has 21 heavy (non-hydrogen) atoms. The third-order valence-electron chi connectivity index (χ3n) is 2.51. The van der Waals surface area contributed by atoms with E-state index in [9.17, 15) is 13.2 Å². The third-order valence-corrected chi connectivity index (χ3v) is 3.96. The monoisotopic (exact) mass is 310 g/mol. The Hall–Kier alpha value is -1.88. The van der Waals surface area contributed by atoms with E-state index in [-0.39, 0.29) is 24.5 Å². The zero-order chi connectivity index (χ0) is 15.7. The van der Waals surface area contributed by atoms with E-state index in [1.165, 1.54) is 12.1 Å². The molecule has 0 fully saturated rings. The summed E-state index contributed by atoms with van der Waals surface area (Å²) in [5.41, 5.74) is 5.54. The van der Waals surface area contributed by atoms with Gasteiger partial charge in [0.25, 0.3) is 0 Å². The Morgan fingerprint density at radius 3 is 2.81 bits per heavy atom. The van der Waals surface area contributed by atoms with Crippen molar-refractivity contribution in [2.75, 3.05) is 13.2 Å². The van der Waals surface area contributed by atoms with E-state index in [1.807, 2.05) is 0 Å². The molecule has 0 aliphatic heterocycles. The van der Waals surface area contributed by atoms with Crippen molar-refractivity contribution in [1.82, 2.24) is 4.72 Å². The molecule has 0 saturated heterocycles. The van der Waals surface area contributed by atoms with Crippen LogP contribution in [0.4, 0.5) is 0 Å². The first-order valence-electron chi connectivity index (χ1n) is 6.43. The number of aliphatic hydroxyl groups excluding tert-OH is 1. The van der Waals surface area contributed by atoms with Crippen molar-refractivity contribution in [3.63, 3.8) is 0 Å². The smallest absolute Gasteiger partial charge is 0.240 e. The second kappa shape index (κ2) is 8.42. The van der Waals surface area contributed by atoms with Crippen LogP contribution < -0.4 is 10.5 Å². The van der Waals surface area contributed by atoms with Crippen LogP contribution in [0.1, 0.15) is 24.8 Å². The van der Waals surface area contributed by atoms with Crippen LogP contribution in [0.5, 0.6) is 0 Å². The van der Waals surface area contributed by atoms with Gasteiger partial charge in [0.1, 0.15) is 0 Å². The van der Waals surface area contributed by atoms with Crippen LogP contribution in [-0.4, -0.2) is 32.6 Å². The molecule has 114 valence electrons. The summed E-state index contributed by atoms with van der Waals surface area (Å²) in [6.45, 7) is 0.109. The number of sulfonamides is 1. The maximum Gasteiger partial charge on any atom is 0.240 e. The minimum atomic E-state index is -3.63. The summed E-state index contributed by atoms with van der Waals surface area (Å²) in [5.74, 6) is 5.04. The lowest BCUT2D eigenvalue weighted by molar-refractivity contribution is -0.118. The summed E-state index contributed by atoms with van der Waals surface area (Å²) in [6, 6.07) is 6.21. The summed E-state index contributed by atoms with van der Waals surface area (Å²) >= 11 is 0. The number of rotatable bonds is 7. The molecule has 0 unspecified atom stereocenters. The van der Waals surface area contributed by atoms with Crippen LogP contribution in [-0.2, 0) is 14.8 Å². The highest BCUT2D eigenvalue weighted by Gasteiger charge is 2.13. The van der Waals surface area contributed by atoms with Crippen LogP contribution >= 0.6 is 0 Å². The normalized spacial score (nSPS) is 10.7. The molecule has 6 nitrogen and oxygen atoms in total. The molecule has 0 aromatic heterocycles. The number of nitrogens with two attached hydrogens (primary N) is 1. The number of nitrogens with one attached hydrogen (secondary N) is 1. The first-order valence-corrected chi connectivity index (χ1v) is 7.92. The maximum atomic E-state index is 12.0. The number of primary amides is 1. The van der Waals surface area contributed by atoms with E-state index in [2.05, 4.69) is 16.6 Å². The number of carbonyl (C=O) groups is 1. The van der Waals surface area contributed by atoms with Gasteiger partial charge in [-0.05, 0) is 24.6 Å². The van der Waals surface area contributed by atoms with E-state index < -0.39 is 15.9 Å². The van der Waals surface area contributed by atoms with E-state index >= 15 is 0 Å². The fraction of sp³-hybridized carbons (Fsp3) is 0.357. The average Bonchev–Trinajstić information content (AvgIpc) is 2.44. The van der Waals surface area contributed by atoms with E-state index in [4.69, 9.17) is 10.8 Å². The van der Waals surface area contributed by atoms with Gasteiger partial charge in [0.05, 0.1) is 11.5 Å². The van der Waals surface area contributed by atoms with Gasteiger partial charge >= 0.3 is 0 Å². The first-order chi connectivity index (χ1) is 9.95. The van der Waals surface area contributed by atoms with Gasteiger partial charge < -0.3 is 10.8 Å². The minimum Gasteiger partial charge on any atom is -0.395 e. The molecule has 0 aliphatic rings. The molecular weight excluding hydrogens is 292 g/mol. The Labute approximate surface area is 124 Å². The van der Waals surface area contributed by atoms with Crippen LogP contribution in [0.15, 0.2) is 29.2 Å². The maximum absolute atomic E-state index is 12.0. The highest BCUT2D eigenvalue weighted by molar-refractivity contribution is 7.89. The highest BCUT2D eigenvalue weighted by Crippen LogP contribution is 2.10. The molecule has 0 bridgehead atoms. The Balaban J connectivity index is 2.73. The lowest BCUT2D eigenvalue weighted by Gasteiger charge is -2.06. The predicted octanol–water partition coefficient (Wildman–Crippen LogP) is -0.0357. The van der Waals surface area contributed by atoms with Gasteiger partial charge in [0, 0.05) is 24.9 Å². The summed E-state index contributed by atoms with van der Waals surface area (Å²) in [6.07, 6.45) is 0.822. The molecule has 0 aliphatic carbocycles. The number of amides is 1. The second-order valence-corrected chi connectivity index (χ2v) is 6.04. The zero-order valence-corrected chi connectivity index (χ0v) is 12.3. The summed E-state index contributed by atoms with van der Waals surface area (Å²) in [4.78, 5) is 10.7. The molecule has 7 heteroatoms. The standard InChI is InChI=1S/C14H18N2O4S/c15-14(18)8-4-9-16-21(19,20)13-7-3-6-12(11-13)5-1-2-10-17/h3,6-7,11,16-17H,2,4,8-10H2,(H2,15,18). The molecule has 1 amide bonds. The van der Waals surface area contributed by atoms with Crippen LogP contribution in [0.2, 0.25) is 0 Å². The summed E-state index contributed by atoms with van der Waals surface area (Å²) in [7, 11) is -3.63. The fourth-order valence-corrected chi connectivity index (χ4v) is 2.63. The number of aliphatic hydroxyl groups is 1. The zero-order valence-electron chi connectivity index (χ0n) is 11.5. The average molecular weight is 310 g/mol. The number of hydrogen-bond donors (Lipinski definition) is 3. The van der Waals surface area contributed by atoms with Crippen molar-refractivity contribution in [3.8, 4) is 11.8 Å². The Bertz CT molecular complexity index is 644. The van der Waals surface area contributed by atoms with Crippen molar-refractivity contribution >= 4 is 15.9 Å². The second-order valence-electron chi connectivity index (χ2n) is 4.27. The number of carbonyl (C=O) groups excluding carboxylic acids is 1. The molecular formula is C14H18N2O4S. The van der Waals surface area contributed by atoms with Gasteiger partial charge in [-0.15, -0.1) is 0 Å². The fourth-order valence-electron chi connectivity index (χ4n) is 1.51. The quantitative estimate of drug-likeness (QED) is 0.485. The molecule has 1 aromatic carbocycles. The minimum absolute atomic E-state index is 0.0353. The van der Waals surface area contributed by atoms with E-state index in [0.717, 1.165) is 0 Å². The predicted molar refractivity (Wildman–Crippen MR) is 78.6 cm³/mol. The van der Waals surface area contributed by atoms with Crippen molar-refractivity contribution < 1.29 is 18.3 Å². The first kappa shape index (κ1) is 17.2. The number of benzene rings is 1. The molecule has 0 heterocycles. The molecule has 0 radical (unpaired) electrons. The molecule has 4 N–H and O–H groups in total. The van der Waals surface area contributed by atoms with Gasteiger partial charge in [-0.25, -0.2) is 13.1 Å². The Morgan fingerprint density at radius 2 is 2.14 bits per heavy atom. The van der Waals surface area contributed by atoms with Crippen molar-refractivity contribution in [2.24, 2.45) is 5.73 Å². The molecule has 0 saturated carbocycles. The van der Waals surface area contributed by atoms with Crippen molar-refractivity contribution in [3.05, 3.63) is 29.8 Å². The van der Waals surface area contributed by atoms with Gasteiger partial charge in [-0.1, -0.05) is 17.9 Å². The lowest BCUT2D eigenvalue weighted by Crippen LogP contribution is -2.25. The van der Waals surface area contributed by atoms with E-state index in [0.29, 0.717) is 18.4 Å². The van der Waals surface area contributed by atoms with Gasteiger partial charge in [0.15, 0.2) is 0 Å². The highest BCUT2D eigenvalue weighted by atomic mass is 32.2. The molecule has 1 aromatic rings. The lowest BCUT2D eigenvalue weighted by atomic mass is 10.2. The van der Waals surface area contributed by atoms with Crippen LogP contribution in [0.25, 0.3) is 0 Å². The van der Waals surface area contributed by atoms with Gasteiger partial charge in [-0.2, -0.15) is 0 Å². The van der Waals surface area contributed by atoms with Gasteiger partial charge in [-0.3, -0.25) is 4.79 Å².